The van der Waals surface area contributed by atoms with Crippen LogP contribution in [0.4, 0.5) is 0 Å². The predicted octanol–water partition coefficient (Wildman–Crippen LogP) is -1.07. The van der Waals surface area contributed by atoms with Gasteiger partial charge in [0, 0.05) is 25.4 Å². The van der Waals surface area contributed by atoms with Crippen LogP contribution in [0.15, 0.2) is 6.33 Å². The van der Waals surface area contributed by atoms with Crippen LogP contribution >= 0.6 is 7.75 Å². The summed E-state index contributed by atoms with van der Waals surface area (Å²) in [6, 6.07) is 0. The minimum Gasteiger partial charge on any atom is -0.379 e. The molecule has 1 amide bonds. The fraction of sp³-hybridized carbons (Fsp3) is 0.692. The molecule has 2 aliphatic heterocycles. The van der Waals surface area contributed by atoms with Crippen LogP contribution in [-0.4, -0.2) is 75.5 Å². The van der Waals surface area contributed by atoms with Crippen molar-refractivity contribution in [1.82, 2.24) is 19.4 Å². The summed E-state index contributed by atoms with van der Waals surface area (Å²) in [5.74, 6) is -1.49. The number of rotatable bonds is 7. The van der Waals surface area contributed by atoms with Gasteiger partial charge in [0.1, 0.15) is 12.6 Å². The number of nitrogens with zero attached hydrogens (tertiary/aromatic N) is 4. The summed E-state index contributed by atoms with van der Waals surface area (Å²) in [6.45, 7) is 1.03. The molecule has 26 heavy (non-hydrogen) atoms. The lowest BCUT2D eigenvalue weighted by molar-refractivity contribution is -0.113. The molecule has 1 aromatic heterocycles. The van der Waals surface area contributed by atoms with Crippen LogP contribution in [0, 0.1) is 5.92 Å². The number of carbonyl (C=O) groups is 2. The Morgan fingerprint density at radius 1 is 1.50 bits per heavy atom. The molecule has 3 heterocycles. The summed E-state index contributed by atoms with van der Waals surface area (Å²) >= 11 is 0. The Bertz CT molecular complexity index is 707. The smallest absolute Gasteiger partial charge is 0.379 e. The molecule has 2 aliphatic rings. The Morgan fingerprint density at radius 2 is 2.23 bits per heavy atom. The molecule has 3 rings (SSSR count). The normalized spacial score (nSPS) is 29.3. The highest BCUT2D eigenvalue weighted by atomic mass is 31.2. The summed E-state index contributed by atoms with van der Waals surface area (Å²) in [5.41, 5.74) is 5.11. The molecule has 2 fully saturated rings. The number of nitrogens with two attached hydrogens (primary N) is 1. The van der Waals surface area contributed by atoms with E-state index in [1.54, 1.807) is 0 Å². The third-order valence-corrected chi connectivity index (χ3v) is 5.83. The number of ether oxygens (including phenoxy) is 2. The Morgan fingerprint density at radius 3 is 2.85 bits per heavy atom. The first-order chi connectivity index (χ1) is 12.4. The molecule has 0 aliphatic carbocycles. The van der Waals surface area contributed by atoms with Gasteiger partial charge in [-0.15, -0.1) is 5.10 Å². The standard InChI is InChI=1S/C13H20N5O7P/c14-12(20)13-15-8-18(16-13)11-5-9(6-19)10(25-11)7-24-26(21,22)17-1-3-23-4-2-17/h6,8-11H,1-5,7H2,(H2,14,20)(H,21,22)/t9?,10-,11-/m1/s1. The quantitative estimate of drug-likeness (QED) is 0.434. The lowest BCUT2D eigenvalue weighted by Gasteiger charge is -2.30. The van der Waals surface area contributed by atoms with Crippen molar-refractivity contribution >= 4 is 19.9 Å². The molecule has 12 nitrogen and oxygen atoms in total. The molecule has 0 bridgehead atoms. The van der Waals surface area contributed by atoms with Crippen molar-refractivity contribution in [3.8, 4) is 0 Å². The van der Waals surface area contributed by atoms with Gasteiger partial charge in [-0.2, -0.15) is 0 Å². The Balaban J connectivity index is 1.61. The molecule has 0 aromatic carbocycles. The molecule has 3 N–H and O–H groups in total. The largest absolute Gasteiger partial charge is 0.405 e. The average molecular weight is 389 g/mol. The molecule has 4 atom stereocenters. The number of primary amides is 1. The number of morpholine rings is 1. The van der Waals surface area contributed by atoms with Crippen molar-refractivity contribution < 1.29 is 33.0 Å². The maximum atomic E-state index is 12.3. The van der Waals surface area contributed by atoms with E-state index in [2.05, 4.69) is 10.1 Å². The van der Waals surface area contributed by atoms with Crippen LogP contribution in [0.3, 0.4) is 0 Å². The molecule has 0 radical (unpaired) electrons. The van der Waals surface area contributed by atoms with E-state index in [4.69, 9.17) is 19.7 Å². The third kappa shape index (κ3) is 4.17. The van der Waals surface area contributed by atoms with Crippen molar-refractivity contribution in [3.05, 3.63) is 12.2 Å². The third-order valence-electron chi connectivity index (χ3n) is 4.23. The fourth-order valence-electron chi connectivity index (χ4n) is 2.80. The van der Waals surface area contributed by atoms with Gasteiger partial charge in [-0.3, -0.25) is 9.32 Å². The number of hydrogen-bond donors (Lipinski definition) is 2. The zero-order valence-electron chi connectivity index (χ0n) is 13.8. The van der Waals surface area contributed by atoms with E-state index in [1.807, 2.05) is 0 Å². The highest BCUT2D eigenvalue weighted by molar-refractivity contribution is 7.50. The average Bonchev–Trinajstić information content (AvgIpc) is 3.27. The van der Waals surface area contributed by atoms with Crippen LogP contribution in [0.1, 0.15) is 23.3 Å². The Labute approximate surface area is 148 Å². The van der Waals surface area contributed by atoms with E-state index in [-0.39, 0.29) is 31.9 Å². The molecule has 2 unspecified atom stereocenters. The number of amides is 1. The molecule has 0 saturated carbocycles. The molecule has 13 heteroatoms. The fourth-order valence-corrected chi connectivity index (χ4v) is 3.98. The Kier molecular flexibility index (Phi) is 5.80. The topological polar surface area (TPSA) is 159 Å². The van der Waals surface area contributed by atoms with E-state index in [0.29, 0.717) is 19.5 Å². The lowest BCUT2D eigenvalue weighted by atomic mass is 10.0. The first-order valence-corrected chi connectivity index (χ1v) is 9.56. The second-order valence-corrected chi connectivity index (χ2v) is 7.73. The second-order valence-electron chi connectivity index (χ2n) is 5.93. The highest BCUT2D eigenvalue weighted by Gasteiger charge is 2.40. The maximum absolute atomic E-state index is 12.3. The molecule has 1 aromatic rings. The predicted molar refractivity (Wildman–Crippen MR) is 84.8 cm³/mol. The van der Waals surface area contributed by atoms with Crippen molar-refractivity contribution in [1.29, 1.82) is 0 Å². The molecule has 2 saturated heterocycles. The van der Waals surface area contributed by atoms with Crippen LogP contribution in [-0.2, 0) is 23.4 Å². The molecule has 0 spiro atoms. The van der Waals surface area contributed by atoms with Crippen molar-refractivity contribution in [2.75, 3.05) is 32.9 Å². The highest BCUT2D eigenvalue weighted by Crippen LogP contribution is 2.47. The number of carbonyl (C=O) groups excluding carboxylic acids is 2. The minimum atomic E-state index is -4.00. The lowest BCUT2D eigenvalue weighted by Crippen LogP contribution is -2.35. The number of hydrogen-bond acceptors (Lipinski definition) is 8. The number of aldehydes is 1. The van der Waals surface area contributed by atoms with Gasteiger partial charge in [0.25, 0.3) is 5.91 Å². The van der Waals surface area contributed by atoms with Gasteiger partial charge in [-0.05, 0) is 0 Å². The van der Waals surface area contributed by atoms with E-state index in [0.717, 1.165) is 0 Å². The van der Waals surface area contributed by atoms with Gasteiger partial charge in [-0.1, -0.05) is 0 Å². The second kappa shape index (κ2) is 7.91. The van der Waals surface area contributed by atoms with Crippen molar-refractivity contribution in [2.24, 2.45) is 11.7 Å². The summed E-state index contributed by atoms with van der Waals surface area (Å²) in [6.07, 6.45) is 0.880. The van der Waals surface area contributed by atoms with Gasteiger partial charge >= 0.3 is 7.75 Å². The van der Waals surface area contributed by atoms with Gasteiger partial charge in [0.15, 0.2) is 6.23 Å². The minimum absolute atomic E-state index is 0.164. The van der Waals surface area contributed by atoms with Gasteiger partial charge in [0.05, 0.1) is 25.9 Å². The van der Waals surface area contributed by atoms with E-state index < -0.39 is 31.9 Å². The van der Waals surface area contributed by atoms with E-state index >= 15 is 0 Å². The van der Waals surface area contributed by atoms with Crippen molar-refractivity contribution in [3.63, 3.8) is 0 Å². The Hall–Kier alpha value is -1.69. The molecular formula is C13H20N5O7P. The van der Waals surface area contributed by atoms with Gasteiger partial charge < -0.3 is 24.9 Å². The summed E-state index contributed by atoms with van der Waals surface area (Å²) in [5, 5.41) is 3.90. The van der Waals surface area contributed by atoms with Gasteiger partial charge in [-0.25, -0.2) is 18.9 Å². The van der Waals surface area contributed by atoms with Crippen LogP contribution in [0.5, 0.6) is 0 Å². The molecular weight excluding hydrogens is 369 g/mol. The first kappa shape index (κ1) is 19.1. The van der Waals surface area contributed by atoms with Crippen LogP contribution < -0.4 is 5.73 Å². The van der Waals surface area contributed by atoms with Gasteiger partial charge in [0.2, 0.25) is 5.82 Å². The van der Waals surface area contributed by atoms with Crippen LogP contribution in [0.2, 0.25) is 0 Å². The summed E-state index contributed by atoms with van der Waals surface area (Å²) in [7, 11) is -4.00. The van der Waals surface area contributed by atoms with Crippen molar-refractivity contribution in [2.45, 2.75) is 18.8 Å². The van der Waals surface area contributed by atoms with E-state index in [1.165, 1.54) is 15.7 Å². The van der Waals surface area contributed by atoms with Crippen LogP contribution in [0.25, 0.3) is 0 Å². The molecule has 144 valence electrons. The SMILES string of the molecule is NC(=O)c1ncn([C@H]2CC(C=O)[C@@H](COP(=O)(O)N3CCOCC3)O2)n1. The summed E-state index contributed by atoms with van der Waals surface area (Å²) < 4.78 is 31.0. The maximum Gasteiger partial charge on any atom is 0.405 e. The zero-order valence-corrected chi connectivity index (χ0v) is 14.7. The number of aromatic nitrogens is 3. The summed E-state index contributed by atoms with van der Waals surface area (Å²) in [4.78, 5) is 36.2. The first-order valence-electron chi connectivity index (χ1n) is 8.03. The zero-order chi connectivity index (χ0) is 18.7. The van der Waals surface area contributed by atoms with E-state index in [9.17, 15) is 19.0 Å². The monoisotopic (exact) mass is 389 g/mol.